The number of aromatic nitrogens is 2. The Kier molecular flexibility index (Phi) is 5.48. The Morgan fingerprint density at radius 1 is 1.07 bits per heavy atom. The van der Waals surface area contributed by atoms with Gasteiger partial charge in [-0.25, -0.2) is 4.68 Å². The SMILES string of the molecule is O=C(CCC(=O)c1ccc2c(c1)OCCO2)Nc1cc(Cl)ccc1-n1cccn1. The molecule has 1 N–H and O–H groups in total. The Morgan fingerprint density at radius 2 is 1.90 bits per heavy atom. The molecule has 1 aliphatic heterocycles. The van der Waals surface area contributed by atoms with Crippen molar-refractivity contribution in [2.24, 2.45) is 0 Å². The maximum absolute atomic E-state index is 12.5. The predicted molar refractivity (Wildman–Crippen MR) is 108 cm³/mol. The van der Waals surface area contributed by atoms with E-state index in [9.17, 15) is 9.59 Å². The van der Waals surface area contributed by atoms with Crippen molar-refractivity contribution in [3.63, 3.8) is 0 Å². The number of rotatable bonds is 6. The first-order valence-corrected chi connectivity index (χ1v) is 9.50. The fourth-order valence-corrected chi connectivity index (χ4v) is 3.19. The second-order valence-electron chi connectivity index (χ2n) is 6.44. The molecule has 0 radical (unpaired) electrons. The zero-order valence-electron chi connectivity index (χ0n) is 15.4. The van der Waals surface area contributed by atoms with Gasteiger partial charge in [-0.15, -0.1) is 0 Å². The number of carbonyl (C=O) groups is 2. The highest BCUT2D eigenvalue weighted by atomic mass is 35.5. The lowest BCUT2D eigenvalue weighted by Gasteiger charge is -2.18. The van der Waals surface area contributed by atoms with Crippen LogP contribution in [0.25, 0.3) is 5.69 Å². The van der Waals surface area contributed by atoms with Crippen LogP contribution in [0.1, 0.15) is 23.2 Å². The van der Waals surface area contributed by atoms with Gasteiger partial charge in [0.15, 0.2) is 17.3 Å². The molecule has 0 atom stereocenters. The third-order valence-electron chi connectivity index (χ3n) is 4.43. The minimum absolute atomic E-state index is 0.0400. The summed E-state index contributed by atoms with van der Waals surface area (Å²) in [4.78, 5) is 24.9. The fraction of sp³-hybridized carbons (Fsp3) is 0.190. The van der Waals surface area contributed by atoms with E-state index >= 15 is 0 Å². The van der Waals surface area contributed by atoms with Crippen molar-refractivity contribution < 1.29 is 19.1 Å². The van der Waals surface area contributed by atoms with Gasteiger partial charge in [-0.05, 0) is 42.5 Å². The highest BCUT2D eigenvalue weighted by Crippen LogP contribution is 2.31. The van der Waals surface area contributed by atoms with Gasteiger partial charge < -0.3 is 14.8 Å². The number of carbonyl (C=O) groups excluding carboxylic acids is 2. The molecular formula is C21H18ClN3O4. The molecule has 2 aromatic carbocycles. The molecule has 4 rings (SSSR count). The lowest BCUT2D eigenvalue weighted by molar-refractivity contribution is -0.116. The molecule has 0 spiro atoms. The number of ketones is 1. The summed E-state index contributed by atoms with van der Waals surface area (Å²) in [5.74, 6) is 0.745. The first-order valence-electron chi connectivity index (χ1n) is 9.12. The number of nitrogens with zero attached hydrogens (tertiary/aromatic N) is 2. The molecule has 0 saturated carbocycles. The summed E-state index contributed by atoms with van der Waals surface area (Å²) < 4.78 is 12.6. The molecule has 3 aromatic rings. The van der Waals surface area contributed by atoms with Gasteiger partial charge in [0.2, 0.25) is 5.91 Å². The summed E-state index contributed by atoms with van der Waals surface area (Å²) in [7, 11) is 0. The maximum Gasteiger partial charge on any atom is 0.224 e. The molecule has 0 unspecified atom stereocenters. The number of ether oxygens (including phenoxy) is 2. The topological polar surface area (TPSA) is 82.5 Å². The zero-order chi connectivity index (χ0) is 20.2. The van der Waals surface area contributed by atoms with Crippen LogP contribution in [-0.4, -0.2) is 34.7 Å². The Labute approximate surface area is 172 Å². The molecule has 29 heavy (non-hydrogen) atoms. The molecule has 0 fully saturated rings. The van der Waals surface area contributed by atoms with E-state index in [0.717, 1.165) is 0 Å². The van der Waals surface area contributed by atoms with E-state index in [1.807, 2.05) is 0 Å². The Bertz CT molecular complexity index is 1050. The van der Waals surface area contributed by atoms with Crippen molar-refractivity contribution in [3.05, 3.63) is 65.4 Å². The molecule has 2 heterocycles. The minimum Gasteiger partial charge on any atom is -0.486 e. The summed E-state index contributed by atoms with van der Waals surface area (Å²) in [6.07, 6.45) is 3.53. The summed E-state index contributed by atoms with van der Waals surface area (Å²) in [5.41, 5.74) is 1.70. The number of halogens is 1. The van der Waals surface area contributed by atoms with Crippen LogP contribution in [-0.2, 0) is 4.79 Å². The van der Waals surface area contributed by atoms with Gasteiger partial charge in [0, 0.05) is 35.8 Å². The largest absolute Gasteiger partial charge is 0.486 e. The average Bonchev–Trinajstić information content (AvgIpc) is 3.26. The second-order valence-corrected chi connectivity index (χ2v) is 6.88. The predicted octanol–water partition coefficient (Wildman–Crippen LogP) is 3.90. The smallest absolute Gasteiger partial charge is 0.224 e. The molecular weight excluding hydrogens is 394 g/mol. The molecule has 148 valence electrons. The van der Waals surface area contributed by atoms with E-state index in [-0.39, 0.29) is 24.5 Å². The Hall–Kier alpha value is -3.32. The molecule has 1 aliphatic rings. The molecule has 0 aliphatic carbocycles. The van der Waals surface area contributed by atoms with Crippen LogP contribution in [0.2, 0.25) is 5.02 Å². The molecule has 7 nitrogen and oxygen atoms in total. The monoisotopic (exact) mass is 411 g/mol. The standard InChI is InChI=1S/C21H18ClN3O4/c22-15-3-4-17(25-9-1-8-23-25)16(13-15)24-21(27)7-5-18(26)14-2-6-19-20(12-14)29-11-10-28-19/h1-4,6,8-9,12-13H,5,7,10-11H2,(H,24,27). The zero-order valence-corrected chi connectivity index (χ0v) is 16.2. The van der Waals surface area contributed by atoms with E-state index in [2.05, 4.69) is 10.4 Å². The van der Waals surface area contributed by atoms with Crippen LogP contribution in [0, 0.1) is 0 Å². The van der Waals surface area contributed by atoms with Crippen molar-refractivity contribution in [1.82, 2.24) is 9.78 Å². The van der Waals surface area contributed by atoms with E-state index in [1.165, 1.54) is 0 Å². The summed E-state index contributed by atoms with van der Waals surface area (Å²) >= 11 is 6.07. The lowest BCUT2D eigenvalue weighted by Crippen LogP contribution is -2.17. The van der Waals surface area contributed by atoms with Gasteiger partial charge in [0.05, 0.1) is 11.4 Å². The van der Waals surface area contributed by atoms with Gasteiger partial charge in [-0.2, -0.15) is 5.10 Å². The van der Waals surface area contributed by atoms with Gasteiger partial charge in [-0.1, -0.05) is 11.6 Å². The number of hydrogen-bond acceptors (Lipinski definition) is 5. The quantitative estimate of drug-likeness (QED) is 0.622. The van der Waals surface area contributed by atoms with Crippen molar-refractivity contribution in [1.29, 1.82) is 0 Å². The Balaban J connectivity index is 1.41. The average molecular weight is 412 g/mol. The van der Waals surface area contributed by atoms with E-state index < -0.39 is 0 Å². The molecule has 0 saturated heterocycles. The first-order chi connectivity index (χ1) is 14.1. The van der Waals surface area contributed by atoms with Crippen LogP contribution in [0.15, 0.2) is 54.9 Å². The normalized spacial score (nSPS) is 12.4. The van der Waals surface area contributed by atoms with Crippen LogP contribution in [0.3, 0.4) is 0 Å². The van der Waals surface area contributed by atoms with Crippen molar-refractivity contribution in [2.75, 3.05) is 18.5 Å². The molecule has 0 bridgehead atoms. The molecule has 1 aromatic heterocycles. The van der Waals surface area contributed by atoms with E-state index in [4.69, 9.17) is 21.1 Å². The third kappa shape index (κ3) is 4.41. The number of fused-ring (bicyclic) bond motifs is 1. The number of hydrogen-bond donors (Lipinski definition) is 1. The highest BCUT2D eigenvalue weighted by Gasteiger charge is 2.16. The highest BCUT2D eigenvalue weighted by molar-refractivity contribution is 6.31. The summed E-state index contributed by atoms with van der Waals surface area (Å²) in [5, 5.41) is 7.48. The maximum atomic E-state index is 12.5. The lowest BCUT2D eigenvalue weighted by atomic mass is 10.1. The first kappa shape index (κ1) is 19.0. The van der Waals surface area contributed by atoms with Crippen LogP contribution in [0.4, 0.5) is 5.69 Å². The minimum atomic E-state index is -0.286. The van der Waals surface area contributed by atoms with E-state index in [0.29, 0.717) is 46.7 Å². The number of benzene rings is 2. The summed E-state index contributed by atoms with van der Waals surface area (Å²) in [6.45, 7) is 0.940. The summed E-state index contributed by atoms with van der Waals surface area (Å²) in [6, 6.07) is 12.0. The van der Waals surface area contributed by atoms with Crippen molar-refractivity contribution >= 4 is 29.0 Å². The van der Waals surface area contributed by atoms with E-state index in [1.54, 1.807) is 59.5 Å². The number of anilines is 1. The van der Waals surface area contributed by atoms with Gasteiger partial charge >= 0.3 is 0 Å². The van der Waals surface area contributed by atoms with Gasteiger partial charge in [-0.3, -0.25) is 9.59 Å². The number of nitrogens with one attached hydrogen (secondary N) is 1. The van der Waals surface area contributed by atoms with Crippen LogP contribution < -0.4 is 14.8 Å². The van der Waals surface area contributed by atoms with Crippen molar-refractivity contribution in [3.8, 4) is 17.2 Å². The van der Waals surface area contributed by atoms with Crippen LogP contribution >= 0.6 is 11.6 Å². The Morgan fingerprint density at radius 3 is 2.69 bits per heavy atom. The van der Waals surface area contributed by atoms with Gasteiger partial charge in [0.25, 0.3) is 0 Å². The fourth-order valence-electron chi connectivity index (χ4n) is 3.02. The van der Waals surface area contributed by atoms with Crippen molar-refractivity contribution in [2.45, 2.75) is 12.8 Å². The van der Waals surface area contributed by atoms with Crippen LogP contribution in [0.5, 0.6) is 11.5 Å². The van der Waals surface area contributed by atoms with Gasteiger partial charge in [0.1, 0.15) is 13.2 Å². The number of amides is 1. The third-order valence-corrected chi connectivity index (χ3v) is 4.66. The molecule has 1 amide bonds. The molecule has 8 heteroatoms. The number of Topliss-reactive ketones (excluding diaryl/α,β-unsaturated/α-hetero) is 1. The second kappa shape index (κ2) is 8.36.